The molecule has 5 heteroatoms. The Morgan fingerprint density at radius 1 is 1.38 bits per heavy atom. The summed E-state index contributed by atoms with van der Waals surface area (Å²) in [5.74, 6) is -0.670. The first-order chi connectivity index (χ1) is 9.99. The number of hydrogen-bond acceptors (Lipinski definition) is 4. The minimum absolute atomic E-state index is 0.174. The Morgan fingerprint density at radius 3 is 2.57 bits per heavy atom. The molecule has 5 nitrogen and oxygen atoms in total. The van der Waals surface area contributed by atoms with Crippen molar-refractivity contribution in [2.75, 3.05) is 7.11 Å². The number of carbonyl (C=O) groups is 2. The maximum absolute atomic E-state index is 12.6. The number of ether oxygens (including phenoxy) is 1. The van der Waals surface area contributed by atoms with Gasteiger partial charge in [0.1, 0.15) is 0 Å². The molecule has 0 aliphatic heterocycles. The van der Waals surface area contributed by atoms with E-state index in [9.17, 15) is 9.59 Å². The molecule has 0 heterocycles. The summed E-state index contributed by atoms with van der Waals surface area (Å²) < 4.78 is 4.81. The Labute approximate surface area is 124 Å². The molecule has 1 aliphatic rings. The molecule has 0 aromatic heterocycles. The monoisotopic (exact) mass is 290 g/mol. The Balaban J connectivity index is 2.20. The summed E-state index contributed by atoms with van der Waals surface area (Å²) >= 11 is 0. The largest absolute Gasteiger partial charge is 0.467 e. The SMILES string of the molecule is COC(=O)C(NC(=O)C1(C)CCCC1N)c1ccccc1. The summed E-state index contributed by atoms with van der Waals surface area (Å²) in [4.78, 5) is 24.6. The Morgan fingerprint density at radius 2 is 2.05 bits per heavy atom. The lowest BCUT2D eigenvalue weighted by Crippen LogP contribution is -2.49. The van der Waals surface area contributed by atoms with E-state index in [2.05, 4.69) is 5.32 Å². The molecule has 3 N–H and O–H groups in total. The van der Waals surface area contributed by atoms with Crippen LogP contribution in [-0.4, -0.2) is 25.0 Å². The first-order valence-electron chi connectivity index (χ1n) is 7.18. The highest BCUT2D eigenvalue weighted by Crippen LogP contribution is 2.37. The highest BCUT2D eigenvalue weighted by Gasteiger charge is 2.44. The quantitative estimate of drug-likeness (QED) is 0.824. The van der Waals surface area contributed by atoms with Crippen molar-refractivity contribution in [3.05, 3.63) is 35.9 Å². The fraction of sp³-hybridized carbons (Fsp3) is 0.500. The van der Waals surface area contributed by atoms with Crippen LogP contribution < -0.4 is 11.1 Å². The van der Waals surface area contributed by atoms with Gasteiger partial charge in [0.25, 0.3) is 0 Å². The number of rotatable bonds is 4. The molecule has 1 amide bonds. The number of nitrogens with one attached hydrogen (secondary N) is 1. The third-order valence-corrected chi connectivity index (χ3v) is 4.39. The van der Waals surface area contributed by atoms with Crippen LogP contribution in [0.1, 0.15) is 37.8 Å². The average molecular weight is 290 g/mol. The molecule has 1 saturated carbocycles. The van der Waals surface area contributed by atoms with E-state index < -0.39 is 17.4 Å². The number of amides is 1. The van der Waals surface area contributed by atoms with Crippen molar-refractivity contribution in [2.24, 2.45) is 11.1 Å². The van der Waals surface area contributed by atoms with Gasteiger partial charge in [-0.1, -0.05) is 36.8 Å². The second-order valence-electron chi connectivity index (χ2n) is 5.76. The standard InChI is InChI=1S/C16H22N2O3/c1-16(10-6-9-12(16)17)15(20)18-13(14(19)21-2)11-7-4-3-5-8-11/h3-5,7-8,12-13H,6,9-10,17H2,1-2H3,(H,18,20). The molecule has 3 atom stereocenters. The van der Waals surface area contributed by atoms with E-state index in [4.69, 9.17) is 10.5 Å². The maximum Gasteiger partial charge on any atom is 0.333 e. The zero-order chi connectivity index (χ0) is 15.5. The number of carbonyl (C=O) groups excluding carboxylic acids is 2. The van der Waals surface area contributed by atoms with Gasteiger partial charge in [-0.3, -0.25) is 4.79 Å². The molecule has 1 aromatic rings. The molecule has 0 radical (unpaired) electrons. The van der Waals surface area contributed by atoms with Crippen molar-refractivity contribution in [3.63, 3.8) is 0 Å². The fourth-order valence-corrected chi connectivity index (χ4v) is 2.81. The molecule has 2 rings (SSSR count). The van der Waals surface area contributed by atoms with E-state index in [1.807, 2.05) is 25.1 Å². The zero-order valence-corrected chi connectivity index (χ0v) is 12.5. The molecule has 3 unspecified atom stereocenters. The predicted molar refractivity (Wildman–Crippen MR) is 79.3 cm³/mol. The normalized spacial score (nSPS) is 26.1. The van der Waals surface area contributed by atoms with Gasteiger partial charge in [0.15, 0.2) is 6.04 Å². The van der Waals surface area contributed by atoms with Gasteiger partial charge in [-0.15, -0.1) is 0 Å². The van der Waals surface area contributed by atoms with Crippen molar-refractivity contribution < 1.29 is 14.3 Å². The van der Waals surface area contributed by atoms with E-state index in [-0.39, 0.29) is 11.9 Å². The number of benzene rings is 1. The average Bonchev–Trinajstić information content (AvgIpc) is 2.85. The first kappa shape index (κ1) is 15.5. The van der Waals surface area contributed by atoms with Crippen LogP contribution in [0.15, 0.2) is 30.3 Å². The van der Waals surface area contributed by atoms with Crippen LogP contribution in [0, 0.1) is 5.41 Å². The Kier molecular flexibility index (Phi) is 4.63. The second kappa shape index (κ2) is 6.26. The molecule has 1 aliphatic carbocycles. The van der Waals surface area contributed by atoms with E-state index in [0.717, 1.165) is 19.3 Å². The molecule has 0 saturated heterocycles. The minimum Gasteiger partial charge on any atom is -0.467 e. The third-order valence-electron chi connectivity index (χ3n) is 4.39. The summed E-state index contributed by atoms with van der Waals surface area (Å²) in [6.45, 7) is 1.86. The highest BCUT2D eigenvalue weighted by molar-refractivity contribution is 5.89. The van der Waals surface area contributed by atoms with Gasteiger partial charge >= 0.3 is 5.97 Å². The van der Waals surface area contributed by atoms with E-state index in [0.29, 0.717) is 5.56 Å². The smallest absolute Gasteiger partial charge is 0.333 e. The van der Waals surface area contributed by atoms with Crippen molar-refractivity contribution in [3.8, 4) is 0 Å². The summed E-state index contributed by atoms with van der Waals surface area (Å²) in [6.07, 6.45) is 2.50. The third kappa shape index (κ3) is 3.08. The first-order valence-corrected chi connectivity index (χ1v) is 7.18. The molecule has 0 bridgehead atoms. The van der Waals surface area contributed by atoms with E-state index in [1.165, 1.54) is 7.11 Å². The summed E-state index contributed by atoms with van der Waals surface area (Å²) in [5.41, 5.74) is 6.14. The topological polar surface area (TPSA) is 81.4 Å². The Bertz CT molecular complexity index is 518. The maximum atomic E-state index is 12.6. The van der Waals surface area contributed by atoms with Gasteiger partial charge in [0.2, 0.25) is 5.91 Å². The number of nitrogens with two attached hydrogens (primary N) is 1. The van der Waals surface area contributed by atoms with E-state index in [1.54, 1.807) is 12.1 Å². The van der Waals surface area contributed by atoms with Gasteiger partial charge < -0.3 is 15.8 Å². The van der Waals surface area contributed by atoms with Crippen LogP contribution in [0.2, 0.25) is 0 Å². The molecule has 1 aromatic carbocycles. The molecule has 1 fully saturated rings. The minimum atomic E-state index is -0.798. The van der Waals surface area contributed by atoms with Crippen LogP contribution in [0.5, 0.6) is 0 Å². The second-order valence-corrected chi connectivity index (χ2v) is 5.76. The van der Waals surface area contributed by atoms with Crippen molar-refractivity contribution in [1.82, 2.24) is 5.32 Å². The van der Waals surface area contributed by atoms with Gasteiger partial charge in [-0.05, 0) is 25.3 Å². The molecular weight excluding hydrogens is 268 g/mol. The molecule has 114 valence electrons. The van der Waals surface area contributed by atoms with Crippen LogP contribution >= 0.6 is 0 Å². The van der Waals surface area contributed by atoms with Gasteiger partial charge in [0, 0.05) is 6.04 Å². The van der Waals surface area contributed by atoms with Crippen LogP contribution in [0.4, 0.5) is 0 Å². The summed E-state index contributed by atoms with van der Waals surface area (Å²) in [5, 5.41) is 2.80. The number of esters is 1. The van der Waals surface area contributed by atoms with Crippen molar-refractivity contribution in [2.45, 2.75) is 38.3 Å². The van der Waals surface area contributed by atoms with Crippen LogP contribution in [0.25, 0.3) is 0 Å². The molecular formula is C16H22N2O3. The highest BCUT2D eigenvalue weighted by atomic mass is 16.5. The van der Waals surface area contributed by atoms with Crippen molar-refractivity contribution in [1.29, 1.82) is 0 Å². The summed E-state index contributed by atoms with van der Waals surface area (Å²) in [6, 6.07) is 8.10. The predicted octanol–water partition coefficient (Wildman–Crippen LogP) is 1.53. The van der Waals surface area contributed by atoms with Gasteiger partial charge in [0.05, 0.1) is 12.5 Å². The van der Waals surface area contributed by atoms with Gasteiger partial charge in [-0.2, -0.15) is 0 Å². The van der Waals surface area contributed by atoms with Crippen LogP contribution in [0.3, 0.4) is 0 Å². The molecule has 21 heavy (non-hydrogen) atoms. The lowest BCUT2D eigenvalue weighted by molar-refractivity contribution is -0.146. The Hall–Kier alpha value is -1.88. The summed E-state index contributed by atoms with van der Waals surface area (Å²) in [7, 11) is 1.31. The van der Waals surface area contributed by atoms with Gasteiger partial charge in [-0.25, -0.2) is 4.79 Å². The zero-order valence-electron chi connectivity index (χ0n) is 12.5. The van der Waals surface area contributed by atoms with Crippen molar-refractivity contribution >= 4 is 11.9 Å². The number of hydrogen-bond donors (Lipinski definition) is 2. The van der Waals surface area contributed by atoms with E-state index >= 15 is 0 Å². The lowest BCUT2D eigenvalue weighted by Gasteiger charge is -2.29. The number of methoxy groups -OCH3 is 1. The lowest BCUT2D eigenvalue weighted by atomic mass is 9.83. The van der Waals surface area contributed by atoms with Crippen LogP contribution in [-0.2, 0) is 14.3 Å². The fourth-order valence-electron chi connectivity index (χ4n) is 2.81. The molecule has 0 spiro atoms.